The average Bonchev–Trinajstić information content (AvgIpc) is 4.16. The molecule has 2 unspecified atom stereocenters. The molecule has 15 heteroatoms. The van der Waals surface area contributed by atoms with Crippen LogP contribution in [0.15, 0.2) is 67.3 Å². The van der Waals surface area contributed by atoms with Crippen LogP contribution >= 0.6 is 0 Å². The number of hydrogen-bond acceptors (Lipinski definition) is 9. The number of aromatic nitrogens is 1. The largest absolute Gasteiger partial charge is 0.497 e. The maximum atomic E-state index is 14.9. The Kier molecular flexibility index (Phi) is 11.5. The highest BCUT2D eigenvalue weighted by atomic mass is 32.2. The fourth-order valence-corrected chi connectivity index (χ4v) is 10.0. The number of carbonyl (C=O) groups is 4. The van der Waals surface area contributed by atoms with E-state index < -0.39 is 79.1 Å². The fourth-order valence-electron chi connectivity index (χ4n) is 8.28. The third-order valence-electron chi connectivity index (χ3n) is 12.9. The summed E-state index contributed by atoms with van der Waals surface area (Å²) in [5, 5.41) is 6.53. The normalized spacial score (nSPS) is 23.7. The van der Waals surface area contributed by atoms with Crippen molar-refractivity contribution in [3.8, 4) is 22.8 Å². The molecule has 2 aromatic carbocycles. The van der Waals surface area contributed by atoms with Crippen molar-refractivity contribution in [1.29, 1.82) is 0 Å². The molecule has 7 rings (SSSR count). The predicted molar refractivity (Wildman–Crippen MR) is 233 cm³/mol. The molecule has 3 aromatic rings. The van der Waals surface area contributed by atoms with Crippen LogP contribution in [0, 0.1) is 17.3 Å². The number of fused-ring (bicyclic) bond motifs is 1. The number of urea groups is 1. The summed E-state index contributed by atoms with van der Waals surface area (Å²) in [5.41, 5.74) is -0.804. The molecule has 14 nitrogen and oxygen atoms in total. The lowest BCUT2D eigenvalue weighted by atomic mass is 9.85. The lowest BCUT2D eigenvalue weighted by molar-refractivity contribution is -0.142. The van der Waals surface area contributed by atoms with Gasteiger partial charge in [0.15, 0.2) is 0 Å². The molecular weight excluding hydrogens is 797 g/mol. The van der Waals surface area contributed by atoms with Crippen molar-refractivity contribution in [1.82, 2.24) is 30.1 Å². The Morgan fingerprint density at radius 3 is 2.30 bits per heavy atom. The number of sulfonamides is 1. The van der Waals surface area contributed by atoms with Gasteiger partial charge >= 0.3 is 6.03 Å². The van der Waals surface area contributed by atoms with Crippen LogP contribution in [-0.4, -0.2) is 102 Å². The number of carbonyl (C=O) groups excluding carboxylic acids is 4. The van der Waals surface area contributed by atoms with Crippen LogP contribution in [0.5, 0.6) is 11.5 Å². The zero-order chi connectivity index (χ0) is 44.3. The molecule has 4 aliphatic rings. The maximum absolute atomic E-state index is 14.9. The molecule has 5 amide bonds. The summed E-state index contributed by atoms with van der Waals surface area (Å²) < 4.78 is 41.0. The van der Waals surface area contributed by atoms with Crippen molar-refractivity contribution in [2.24, 2.45) is 17.3 Å². The summed E-state index contributed by atoms with van der Waals surface area (Å²) in [4.78, 5) is 65.2. The Balaban J connectivity index is 1.21. The average molecular weight is 857 g/mol. The number of hydrogen-bond donors (Lipinski definition) is 3. The number of methoxy groups -OCH3 is 1. The fraction of sp³-hybridized carbons (Fsp3) is 0.543. The van der Waals surface area contributed by atoms with E-state index in [-0.39, 0.29) is 19.4 Å². The van der Waals surface area contributed by atoms with E-state index in [1.807, 2.05) is 90.1 Å². The van der Waals surface area contributed by atoms with Crippen molar-refractivity contribution < 1.29 is 37.1 Å². The molecule has 3 N–H and O–H groups in total. The van der Waals surface area contributed by atoms with Gasteiger partial charge in [0.2, 0.25) is 21.8 Å². The van der Waals surface area contributed by atoms with Gasteiger partial charge in [-0.3, -0.25) is 19.1 Å². The number of nitrogens with one attached hydrogen (secondary N) is 3. The summed E-state index contributed by atoms with van der Waals surface area (Å²) >= 11 is 0. The van der Waals surface area contributed by atoms with E-state index in [1.165, 1.54) is 15.9 Å². The molecule has 61 heavy (non-hydrogen) atoms. The molecule has 1 aromatic heterocycles. The van der Waals surface area contributed by atoms with Crippen LogP contribution in [0.3, 0.4) is 0 Å². The molecule has 1 aliphatic heterocycles. The van der Waals surface area contributed by atoms with Gasteiger partial charge in [-0.15, -0.1) is 6.58 Å². The second-order valence-electron chi connectivity index (χ2n) is 19.5. The lowest BCUT2D eigenvalue weighted by Crippen LogP contribution is -2.62. The molecule has 0 bridgehead atoms. The summed E-state index contributed by atoms with van der Waals surface area (Å²) in [6.45, 7) is 15.0. The molecule has 0 radical (unpaired) electrons. The minimum atomic E-state index is -4.03. The first-order valence-corrected chi connectivity index (χ1v) is 22.7. The Morgan fingerprint density at radius 1 is 1.03 bits per heavy atom. The van der Waals surface area contributed by atoms with Crippen molar-refractivity contribution in [2.75, 3.05) is 20.7 Å². The maximum Gasteiger partial charge on any atom is 0.318 e. The number of ether oxygens (including phenoxy) is 2. The van der Waals surface area contributed by atoms with E-state index in [0.29, 0.717) is 53.3 Å². The highest BCUT2D eigenvalue weighted by molar-refractivity contribution is 7.91. The first kappa shape index (κ1) is 43.9. The summed E-state index contributed by atoms with van der Waals surface area (Å²) in [6.07, 6.45) is 4.46. The highest BCUT2D eigenvalue weighted by Crippen LogP contribution is 2.53. The summed E-state index contributed by atoms with van der Waals surface area (Å²) in [5.74, 6) is -1.06. The minimum absolute atomic E-state index is 0.0305. The monoisotopic (exact) mass is 856 g/mol. The van der Waals surface area contributed by atoms with Crippen LogP contribution in [0.2, 0.25) is 0 Å². The zero-order valence-electron chi connectivity index (χ0n) is 36.5. The van der Waals surface area contributed by atoms with Gasteiger partial charge in [-0.1, -0.05) is 70.0 Å². The van der Waals surface area contributed by atoms with Gasteiger partial charge in [0.05, 0.1) is 29.6 Å². The van der Waals surface area contributed by atoms with Crippen LogP contribution in [0.4, 0.5) is 4.79 Å². The molecule has 5 atom stereocenters. The third kappa shape index (κ3) is 8.94. The van der Waals surface area contributed by atoms with Crippen LogP contribution in [0.1, 0.15) is 86.5 Å². The van der Waals surface area contributed by atoms with E-state index in [0.717, 1.165) is 18.4 Å². The van der Waals surface area contributed by atoms with E-state index in [1.54, 1.807) is 20.2 Å². The Labute approximate surface area is 359 Å². The van der Waals surface area contributed by atoms with E-state index in [2.05, 4.69) is 21.9 Å². The summed E-state index contributed by atoms with van der Waals surface area (Å²) in [6, 6.07) is 14.2. The SMILES string of the molecule is C=C[C@@H]1C[C@]1(NC(=O)C1CC(Oc2cc(-c3ccccc3)nc3cc(OC)ccc23)CN1C(=O)[C@@H](NC(=O)N(C)C(C)(C)C)C(C)(C)C)C(=O)NS(=O)(=O)C1(CC2CC2)CC1. The van der Waals surface area contributed by atoms with Crippen molar-refractivity contribution in [3.63, 3.8) is 0 Å². The number of nitrogens with zero attached hydrogens (tertiary/aromatic N) is 3. The first-order chi connectivity index (χ1) is 28.6. The number of amides is 5. The molecule has 3 aliphatic carbocycles. The Morgan fingerprint density at radius 2 is 1.72 bits per heavy atom. The number of rotatable bonds is 14. The molecular formula is C46H60N6O8S. The second-order valence-corrected chi connectivity index (χ2v) is 21.6. The molecule has 2 heterocycles. The third-order valence-corrected chi connectivity index (χ3v) is 15.1. The van der Waals surface area contributed by atoms with E-state index in [4.69, 9.17) is 14.5 Å². The quantitative estimate of drug-likeness (QED) is 0.166. The molecule has 3 saturated carbocycles. The number of likely N-dealkylation sites (tertiary alicyclic amines) is 1. The first-order valence-electron chi connectivity index (χ1n) is 21.2. The second kappa shape index (κ2) is 15.9. The molecule has 328 valence electrons. The van der Waals surface area contributed by atoms with Crippen molar-refractivity contribution in [3.05, 3.63) is 67.3 Å². The predicted octanol–water partition coefficient (Wildman–Crippen LogP) is 5.95. The lowest BCUT2D eigenvalue weighted by Gasteiger charge is -2.38. The van der Waals surface area contributed by atoms with Crippen molar-refractivity contribution >= 4 is 44.7 Å². The van der Waals surface area contributed by atoms with E-state index in [9.17, 15) is 27.6 Å². The smallest absolute Gasteiger partial charge is 0.318 e. The van der Waals surface area contributed by atoms with E-state index >= 15 is 0 Å². The topological polar surface area (TPSA) is 176 Å². The van der Waals surface area contributed by atoms with Crippen LogP contribution in [-0.2, 0) is 24.4 Å². The van der Waals surface area contributed by atoms with Gasteiger partial charge in [-0.05, 0) is 69.9 Å². The van der Waals surface area contributed by atoms with Crippen molar-refractivity contribution in [2.45, 2.75) is 121 Å². The molecule has 4 fully saturated rings. The van der Waals surface area contributed by atoms with Gasteiger partial charge in [0, 0.05) is 48.0 Å². The van der Waals surface area contributed by atoms with Gasteiger partial charge in [0.25, 0.3) is 5.91 Å². The van der Waals surface area contributed by atoms with Gasteiger partial charge in [-0.25, -0.2) is 18.2 Å². The Bertz CT molecular complexity index is 2330. The Hall–Kier alpha value is -5.18. The number of benzene rings is 2. The van der Waals surface area contributed by atoms with Crippen LogP contribution in [0.25, 0.3) is 22.2 Å². The highest BCUT2D eigenvalue weighted by Gasteiger charge is 2.64. The van der Waals surface area contributed by atoms with Gasteiger partial charge < -0.3 is 29.9 Å². The summed E-state index contributed by atoms with van der Waals surface area (Å²) in [7, 11) is -0.799. The molecule has 0 spiro atoms. The minimum Gasteiger partial charge on any atom is -0.497 e. The standard InChI is InChI=1S/C46H60N6O8S/c1-10-30-26-46(30,41(55)50-61(57,58)45(20-21-45)25-28-16-17-28)49-39(53)36-23-32(27-52(36)40(54)38(43(2,3)4)48-42(56)51(8)44(5,6)7)60-37-24-34(29-14-12-11-13-15-29)47-35-22-31(59-9)18-19-33(35)37/h10-15,18-19,22,24,28,30,32,36,38H,1,16-17,20-21,23,25-27H2,2-9H3,(H,48,56)(H,49,53)(H,50,55)/t30-,32?,36?,38-,46-/m1/s1. The zero-order valence-corrected chi connectivity index (χ0v) is 37.4. The van der Waals surface area contributed by atoms with Gasteiger partial charge in [0.1, 0.15) is 35.2 Å². The van der Waals surface area contributed by atoms with Crippen LogP contribution < -0.4 is 24.8 Å². The number of pyridine rings is 1. The van der Waals surface area contributed by atoms with Gasteiger partial charge in [-0.2, -0.15) is 0 Å². The molecule has 1 saturated heterocycles.